The van der Waals surface area contributed by atoms with Crippen molar-refractivity contribution in [2.45, 2.75) is 6.54 Å². The number of carbonyl (C=O) groups is 2. The molecule has 0 saturated carbocycles. The Morgan fingerprint density at radius 3 is 2.45 bits per heavy atom. The molecule has 0 atom stereocenters. The highest BCUT2D eigenvalue weighted by Gasteiger charge is 2.11. The van der Waals surface area contributed by atoms with Crippen molar-refractivity contribution in [1.82, 2.24) is 15.0 Å². The molecule has 1 aromatic carbocycles. The first-order valence-electron chi connectivity index (χ1n) is 5.84. The summed E-state index contributed by atoms with van der Waals surface area (Å²) >= 11 is 17.1. The minimum atomic E-state index is -0.856. The molecule has 0 unspecified atom stereocenters. The maximum absolute atomic E-state index is 11.6. The predicted octanol–water partition coefficient (Wildman–Crippen LogP) is 3.12. The summed E-state index contributed by atoms with van der Waals surface area (Å²) in [6.07, 6.45) is 0.434. The molecule has 2 N–H and O–H groups in total. The second kappa shape index (κ2) is 7.35. The number of anilines is 1. The first-order valence-corrected chi connectivity index (χ1v) is 6.97. The van der Waals surface area contributed by atoms with Crippen LogP contribution < -0.4 is 10.8 Å². The Morgan fingerprint density at radius 1 is 1.18 bits per heavy atom. The third-order valence-corrected chi connectivity index (χ3v) is 3.42. The second-order valence-electron chi connectivity index (χ2n) is 4.00. The number of benzene rings is 1. The zero-order chi connectivity index (χ0) is 16.1. The fourth-order valence-corrected chi connectivity index (χ4v) is 1.85. The van der Waals surface area contributed by atoms with Crippen LogP contribution in [0.3, 0.4) is 0 Å². The number of hydroxylamine groups is 1. The van der Waals surface area contributed by atoms with Crippen LogP contribution in [0.4, 0.5) is 10.5 Å². The van der Waals surface area contributed by atoms with Gasteiger partial charge in [-0.15, -0.1) is 0 Å². The Hall–Kier alpha value is -1.96. The number of halogens is 3. The summed E-state index contributed by atoms with van der Waals surface area (Å²) in [6.45, 7) is -0.202. The van der Waals surface area contributed by atoms with E-state index in [1.165, 1.54) is 10.9 Å². The summed E-state index contributed by atoms with van der Waals surface area (Å²) in [7, 11) is 0. The van der Waals surface area contributed by atoms with Gasteiger partial charge in [0.25, 0.3) is 5.91 Å². The Balaban J connectivity index is 1.79. The number of imidazole rings is 1. The number of rotatable bonds is 3. The smallest absolute Gasteiger partial charge is 0.321 e. The number of nitrogens with zero attached hydrogens (tertiary/aromatic N) is 2. The Morgan fingerprint density at radius 2 is 1.86 bits per heavy atom. The molecule has 0 radical (unpaired) electrons. The largest absolute Gasteiger partial charge is 0.436 e. The lowest BCUT2D eigenvalue weighted by Gasteiger charge is -2.08. The van der Waals surface area contributed by atoms with Crippen molar-refractivity contribution >= 4 is 52.5 Å². The van der Waals surface area contributed by atoms with Gasteiger partial charge in [0.1, 0.15) is 11.7 Å². The Bertz CT molecular complexity index is 687. The molecule has 22 heavy (non-hydrogen) atoms. The first kappa shape index (κ1) is 16.4. The molecule has 2 amide bonds. The normalized spacial score (nSPS) is 10.1. The van der Waals surface area contributed by atoms with Gasteiger partial charge < -0.3 is 9.40 Å². The number of aromatic nitrogens is 2. The van der Waals surface area contributed by atoms with Crippen LogP contribution in [-0.4, -0.2) is 21.6 Å². The average molecular weight is 364 g/mol. The molecular weight excluding hydrogens is 355 g/mol. The zero-order valence-electron chi connectivity index (χ0n) is 10.8. The molecule has 0 spiro atoms. The summed E-state index contributed by atoms with van der Waals surface area (Å²) in [5, 5.41) is 3.13. The van der Waals surface area contributed by atoms with E-state index in [4.69, 9.17) is 34.8 Å². The standard InChI is InChI=1S/C12H9Cl3N4O3/c13-7-1-3-8(4-2-7)17-12(21)22-18-9(20)5-19-6-16-10(14)11(19)15/h1-4,6H,5H2,(H,17,21)(H,18,20). The molecule has 10 heteroatoms. The number of hydrogen-bond acceptors (Lipinski definition) is 4. The van der Waals surface area contributed by atoms with E-state index in [1.54, 1.807) is 24.3 Å². The average Bonchev–Trinajstić information content (AvgIpc) is 2.80. The van der Waals surface area contributed by atoms with Gasteiger partial charge in [-0.1, -0.05) is 34.8 Å². The van der Waals surface area contributed by atoms with Crippen molar-refractivity contribution in [2.24, 2.45) is 0 Å². The van der Waals surface area contributed by atoms with E-state index in [0.717, 1.165) is 0 Å². The molecule has 0 aliphatic heterocycles. The minimum absolute atomic E-state index is 0.0795. The van der Waals surface area contributed by atoms with Crippen LogP contribution in [0.25, 0.3) is 0 Å². The lowest BCUT2D eigenvalue weighted by atomic mass is 10.3. The van der Waals surface area contributed by atoms with E-state index in [9.17, 15) is 9.59 Å². The summed E-state index contributed by atoms with van der Waals surface area (Å²) in [5.74, 6) is -0.609. The van der Waals surface area contributed by atoms with E-state index in [0.29, 0.717) is 10.7 Å². The van der Waals surface area contributed by atoms with Gasteiger partial charge in [-0.25, -0.2) is 9.78 Å². The van der Waals surface area contributed by atoms with Crippen LogP contribution in [0.5, 0.6) is 0 Å². The van der Waals surface area contributed by atoms with Crippen molar-refractivity contribution in [1.29, 1.82) is 0 Å². The van der Waals surface area contributed by atoms with Crippen molar-refractivity contribution in [3.8, 4) is 0 Å². The van der Waals surface area contributed by atoms with Crippen molar-refractivity contribution in [2.75, 3.05) is 5.32 Å². The van der Waals surface area contributed by atoms with Gasteiger partial charge in [-0.3, -0.25) is 10.1 Å². The van der Waals surface area contributed by atoms with Crippen LogP contribution in [0.1, 0.15) is 0 Å². The van der Waals surface area contributed by atoms with Crippen LogP contribution in [0, 0.1) is 0 Å². The predicted molar refractivity (Wildman–Crippen MR) is 81.9 cm³/mol. The van der Waals surface area contributed by atoms with E-state index < -0.39 is 12.0 Å². The molecule has 116 valence electrons. The van der Waals surface area contributed by atoms with Crippen molar-refractivity contribution in [3.63, 3.8) is 0 Å². The van der Waals surface area contributed by atoms with E-state index in [1.807, 2.05) is 5.48 Å². The fourth-order valence-electron chi connectivity index (χ4n) is 1.42. The summed E-state index contributed by atoms with van der Waals surface area (Å²) in [4.78, 5) is 31.3. The van der Waals surface area contributed by atoms with Crippen LogP contribution >= 0.6 is 34.8 Å². The van der Waals surface area contributed by atoms with Gasteiger partial charge in [-0.2, -0.15) is 5.48 Å². The fraction of sp³-hybridized carbons (Fsp3) is 0.0833. The molecule has 0 aliphatic carbocycles. The number of nitrogens with one attached hydrogen (secondary N) is 2. The van der Waals surface area contributed by atoms with Gasteiger partial charge in [0, 0.05) is 10.7 Å². The summed E-state index contributed by atoms with van der Waals surface area (Å²) < 4.78 is 1.29. The highest BCUT2D eigenvalue weighted by Crippen LogP contribution is 2.19. The van der Waals surface area contributed by atoms with Crippen LogP contribution in [-0.2, 0) is 16.2 Å². The minimum Gasteiger partial charge on any atom is -0.321 e. The molecule has 1 heterocycles. The Labute approximate surface area is 140 Å². The quantitative estimate of drug-likeness (QED) is 0.821. The molecule has 0 fully saturated rings. The Kier molecular flexibility index (Phi) is 5.48. The van der Waals surface area contributed by atoms with Crippen LogP contribution in [0.2, 0.25) is 15.3 Å². The van der Waals surface area contributed by atoms with E-state index >= 15 is 0 Å². The molecule has 2 aromatic rings. The van der Waals surface area contributed by atoms with Gasteiger partial charge in [-0.05, 0) is 24.3 Å². The molecular formula is C12H9Cl3N4O3. The topological polar surface area (TPSA) is 85.2 Å². The monoisotopic (exact) mass is 362 g/mol. The van der Waals surface area contributed by atoms with E-state index in [-0.39, 0.29) is 16.9 Å². The number of hydrogen-bond donors (Lipinski definition) is 2. The summed E-state index contributed by atoms with van der Waals surface area (Å²) in [6, 6.07) is 6.36. The lowest BCUT2D eigenvalue weighted by molar-refractivity contribution is -0.129. The first-order chi connectivity index (χ1) is 10.5. The molecule has 7 nitrogen and oxygen atoms in total. The number of amides is 2. The molecule has 1 aromatic heterocycles. The summed E-state index contributed by atoms with van der Waals surface area (Å²) in [5.41, 5.74) is 2.44. The highest BCUT2D eigenvalue weighted by molar-refractivity contribution is 6.40. The molecule has 0 saturated heterocycles. The van der Waals surface area contributed by atoms with Gasteiger partial charge in [0.05, 0.1) is 6.33 Å². The molecule has 0 bridgehead atoms. The third-order valence-electron chi connectivity index (χ3n) is 2.39. The molecule has 0 aliphatic rings. The van der Waals surface area contributed by atoms with Gasteiger partial charge in [0.15, 0.2) is 5.15 Å². The maximum atomic E-state index is 11.6. The van der Waals surface area contributed by atoms with Crippen molar-refractivity contribution in [3.05, 3.63) is 45.9 Å². The van der Waals surface area contributed by atoms with E-state index in [2.05, 4.69) is 15.1 Å². The SMILES string of the molecule is O=C(Cn1cnc(Cl)c1Cl)NOC(=O)Nc1ccc(Cl)cc1. The second-order valence-corrected chi connectivity index (χ2v) is 5.15. The highest BCUT2D eigenvalue weighted by atomic mass is 35.5. The zero-order valence-corrected chi connectivity index (χ0v) is 13.1. The number of carbonyl (C=O) groups excluding carboxylic acids is 2. The maximum Gasteiger partial charge on any atom is 0.436 e. The van der Waals surface area contributed by atoms with Gasteiger partial charge >= 0.3 is 6.09 Å². The third kappa shape index (κ3) is 4.52. The van der Waals surface area contributed by atoms with Gasteiger partial charge in [0.2, 0.25) is 0 Å². The van der Waals surface area contributed by atoms with Crippen molar-refractivity contribution < 1.29 is 14.4 Å². The molecule has 2 rings (SSSR count). The van der Waals surface area contributed by atoms with Crippen LogP contribution in [0.15, 0.2) is 30.6 Å². The lowest BCUT2D eigenvalue weighted by Crippen LogP contribution is -2.32.